The van der Waals surface area contributed by atoms with E-state index < -0.39 is 0 Å². The van der Waals surface area contributed by atoms with Crippen molar-refractivity contribution in [3.63, 3.8) is 0 Å². The van der Waals surface area contributed by atoms with Gasteiger partial charge in [0, 0.05) is 17.9 Å². The Labute approximate surface area is 105 Å². The molecule has 0 spiro atoms. The van der Waals surface area contributed by atoms with Crippen molar-refractivity contribution in [3.8, 4) is 0 Å². The van der Waals surface area contributed by atoms with Gasteiger partial charge in [-0.25, -0.2) is 0 Å². The van der Waals surface area contributed by atoms with Gasteiger partial charge >= 0.3 is 0 Å². The standard InChI is InChI=1S/C15H24N2/c1-11(2)13-5-4-6-15(16,8-13)14-7-12(3)9-17-10-14/h7,9-11,13H,4-6,8,16H2,1-3H3. The zero-order valence-corrected chi connectivity index (χ0v) is 11.2. The van der Waals surface area contributed by atoms with E-state index in [9.17, 15) is 0 Å². The number of hydrogen-bond donors (Lipinski definition) is 1. The van der Waals surface area contributed by atoms with Crippen molar-refractivity contribution in [1.29, 1.82) is 0 Å². The highest BCUT2D eigenvalue weighted by atomic mass is 14.8. The third kappa shape index (κ3) is 2.68. The molecule has 1 aromatic rings. The summed E-state index contributed by atoms with van der Waals surface area (Å²) in [5, 5.41) is 0. The van der Waals surface area contributed by atoms with Crippen LogP contribution in [0.2, 0.25) is 0 Å². The molecule has 1 aromatic heterocycles. The minimum absolute atomic E-state index is 0.147. The van der Waals surface area contributed by atoms with Crippen molar-refractivity contribution < 1.29 is 0 Å². The second-order valence-corrected chi connectivity index (χ2v) is 6.01. The highest BCUT2D eigenvalue weighted by Gasteiger charge is 2.35. The zero-order chi connectivity index (χ0) is 12.5. The fourth-order valence-corrected chi connectivity index (χ4v) is 3.01. The number of hydrogen-bond acceptors (Lipinski definition) is 2. The van der Waals surface area contributed by atoms with E-state index in [0.717, 1.165) is 24.7 Å². The Morgan fingerprint density at radius 1 is 1.41 bits per heavy atom. The molecule has 0 aromatic carbocycles. The molecule has 1 aliphatic rings. The third-order valence-electron chi connectivity index (χ3n) is 4.22. The fourth-order valence-electron chi connectivity index (χ4n) is 3.01. The summed E-state index contributed by atoms with van der Waals surface area (Å²) in [7, 11) is 0. The summed E-state index contributed by atoms with van der Waals surface area (Å²) in [5.74, 6) is 1.49. The molecular weight excluding hydrogens is 208 g/mol. The average molecular weight is 232 g/mol. The van der Waals surface area contributed by atoms with Crippen LogP contribution in [0.1, 0.15) is 50.7 Å². The first kappa shape index (κ1) is 12.6. The molecule has 0 bridgehead atoms. The van der Waals surface area contributed by atoms with Crippen molar-refractivity contribution in [2.75, 3.05) is 0 Å². The molecule has 0 radical (unpaired) electrons. The van der Waals surface area contributed by atoms with Gasteiger partial charge < -0.3 is 5.73 Å². The van der Waals surface area contributed by atoms with E-state index in [1.807, 2.05) is 12.4 Å². The maximum Gasteiger partial charge on any atom is 0.0427 e. The van der Waals surface area contributed by atoms with Gasteiger partial charge in [0.2, 0.25) is 0 Å². The lowest BCUT2D eigenvalue weighted by atomic mass is 9.69. The van der Waals surface area contributed by atoms with E-state index in [1.165, 1.54) is 24.0 Å². The van der Waals surface area contributed by atoms with Crippen LogP contribution in [0.4, 0.5) is 0 Å². The summed E-state index contributed by atoms with van der Waals surface area (Å²) in [6.07, 6.45) is 8.63. The number of rotatable bonds is 2. The van der Waals surface area contributed by atoms with Crippen LogP contribution >= 0.6 is 0 Å². The molecule has 1 saturated carbocycles. The van der Waals surface area contributed by atoms with Crippen molar-refractivity contribution in [1.82, 2.24) is 4.98 Å². The molecule has 2 N–H and O–H groups in total. The van der Waals surface area contributed by atoms with Gasteiger partial charge in [-0.3, -0.25) is 4.98 Å². The van der Waals surface area contributed by atoms with Crippen molar-refractivity contribution in [2.24, 2.45) is 17.6 Å². The molecule has 2 nitrogen and oxygen atoms in total. The van der Waals surface area contributed by atoms with Gasteiger partial charge in [0.1, 0.15) is 0 Å². The number of pyridine rings is 1. The van der Waals surface area contributed by atoms with Crippen LogP contribution in [0.15, 0.2) is 18.5 Å². The Kier molecular flexibility index (Phi) is 3.53. The Bertz CT molecular complexity index is 386. The molecule has 0 saturated heterocycles. The monoisotopic (exact) mass is 232 g/mol. The van der Waals surface area contributed by atoms with E-state index >= 15 is 0 Å². The molecule has 17 heavy (non-hydrogen) atoms. The summed E-state index contributed by atoms with van der Waals surface area (Å²) in [4.78, 5) is 4.29. The predicted molar refractivity (Wildman–Crippen MR) is 71.6 cm³/mol. The predicted octanol–water partition coefficient (Wildman–Crippen LogP) is 3.39. The van der Waals surface area contributed by atoms with E-state index in [-0.39, 0.29) is 5.54 Å². The largest absolute Gasteiger partial charge is 0.321 e. The minimum atomic E-state index is -0.147. The van der Waals surface area contributed by atoms with Gasteiger partial charge in [-0.05, 0) is 42.7 Å². The lowest BCUT2D eigenvalue weighted by molar-refractivity contribution is 0.183. The van der Waals surface area contributed by atoms with Gasteiger partial charge in [0.15, 0.2) is 0 Å². The quantitative estimate of drug-likeness (QED) is 0.849. The topological polar surface area (TPSA) is 38.9 Å². The molecule has 1 heterocycles. The Balaban J connectivity index is 2.23. The van der Waals surface area contributed by atoms with Crippen LogP contribution in [0.25, 0.3) is 0 Å². The fraction of sp³-hybridized carbons (Fsp3) is 0.667. The summed E-state index contributed by atoms with van der Waals surface area (Å²) < 4.78 is 0. The summed E-state index contributed by atoms with van der Waals surface area (Å²) >= 11 is 0. The van der Waals surface area contributed by atoms with Gasteiger partial charge in [0.05, 0.1) is 0 Å². The lowest BCUT2D eigenvalue weighted by Crippen LogP contribution is -2.42. The Morgan fingerprint density at radius 2 is 2.18 bits per heavy atom. The maximum absolute atomic E-state index is 6.64. The first-order valence-electron chi connectivity index (χ1n) is 6.72. The number of nitrogens with zero attached hydrogens (tertiary/aromatic N) is 1. The summed E-state index contributed by atoms with van der Waals surface area (Å²) in [6.45, 7) is 6.71. The first-order chi connectivity index (χ1) is 8.01. The normalized spacial score (nSPS) is 29.6. The smallest absolute Gasteiger partial charge is 0.0427 e. The minimum Gasteiger partial charge on any atom is -0.321 e. The van der Waals surface area contributed by atoms with Crippen molar-refractivity contribution in [2.45, 2.75) is 52.0 Å². The molecule has 2 rings (SSSR count). The van der Waals surface area contributed by atoms with Gasteiger partial charge in [0.25, 0.3) is 0 Å². The lowest BCUT2D eigenvalue weighted by Gasteiger charge is -2.40. The van der Waals surface area contributed by atoms with Gasteiger partial charge in [-0.15, -0.1) is 0 Å². The van der Waals surface area contributed by atoms with Crippen LogP contribution < -0.4 is 5.73 Å². The molecule has 2 unspecified atom stereocenters. The number of aryl methyl sites for hydroxylation is 1. The SMILES string of the molecule is Cc1cncc(C2(N)CCCC(C(C)C)C2)c1. The molecule has 94 valence electrons. The molecule has 2 atom stereocenters. The highest BCUT2D eigenvalue weighted by molar-refractivity contribution is 5.25. The number of aromatic nitrogens is 1. The molecule has 0 aliphatic heterocycles. The number of nitrogens with two attached hydrogens (primary N) is 1. The van der Waals surface area contributed by atoms with Crippen LogP contribution in [0.5, 0.6) is 0 Å². The second kappa shape index (κ2) is 4.77. The van der Waals surface area contributed by atoms with E-state index in [2.05, 4.69) is 31.8 Å². The van der Waals surface area contributed by atoms with Crippen molar-refractivity contribution >= 4 is 0 Å². The Morgan fingerprint density at radius 3 is 2.82 bits per heavy atom. The van der Waals surface area contributed by atoms with Crippen molar-refractivity contribution in [3.05, 3.63) is 29.6 Å². The average Bonchev–Trinajstić information content (AvgIpc) is 2.29. The second-order valence-electron chi connectivity index (χ2n) is 6.01. The third-order valence-corrected chi connectivity index (χ3v) is 4.22. The van der Waals surface area contributed by atoms with Crippen LogP contribution in [0.3, 0.4) is 0 Å². The summed E-state index contributed by atoms with van der Waals surface area (Å²) in [6, 6.07) is 2.20. The highest BCUT2D eigenvalue weighted by Crippen LogP contribution is 2.40. The van der Waals surface area contributed by atoms with Gasteiger partial charge in [-0.1, -0.05) is 32.8 Å². The molecular formula is C15H24N2. The van der Waals surface area contributed by atoms with Gasteiger partial charge in [-0.2, -0.15) is 0 Å². The van der Waals surface area contributed by atoms with E-state index in [4.69, 9.17) is 5.73 Å². The van der Waals surface area contributed by atoms with E-state index in [1.54, 1.807) is 0 Å². The van der Waals surface area contributed by atoms with Crippen LogP contribution in [0, 0.1) is 18.8 Å². The Hall–Kier alpha value is -0.890. The molecule has 2 heteroatoms. The molecule has 0 amide bonds. The maximum atomic E-state index is 6.64. The molecule has 1 aliphatic carbocycles. The molecule has 1 fully saturated rings. The van der Waals surface area contributed by atoms with Crippen LogP contribution in [-0.2, 0) is 5.54 Å². The first-order valence-corrected chi connectivity index (χ1v) is 6.72. The van der Waals surface area contributed by atoms with E-state index in [0.29, 0.717) is 0 Å². The van der Waals surface area contributed by atoms with Crippen LogP contribution in [-0.4, -0.2) is 4.98 Å². The summed E-state index contributed by atoms with van der Waals surface area (Å²) in [5.41, 5.74) is 8.92. The zero-order valence-electron chi connectivity index (χ0n) is 11.2.